The van der Waals surface area contributed by atoms with Crippen molar-refractivity contribution in [2.45, 2.75) is 18.6 Å². The number of rotatable bonds is 3. The van der Waals surface area contributed by atoms with Gasteiger partial charge < -0.3 is 14.8 Å². The lowest BCUT2D eigenvalue weighted by molar-refractivity contribution is -0.142. The molecule has 1 saturated heterocycles. The summed E-state index contributed by atoms with van der Waals surface area (Å²) in [6.45, 7) is 0.495. The van der Waals surface area contributed by atoms with Crippen molar-refractivity contribution in [3.63, 3.8) is 0 Å². The number of carbonyl (C=O) groups excluding carboxylic acids is 1. The predicted octanol–water partition coefficient (Wildman–Crippen LogP) is 1.87. The summed E-state index contributed by atoms with van der Waals surface area (Å²) in [5.74, 6) is -0.557. The molecule has 2 rings (SSSR count). The highest BCUT2D eigenvalue weighted by molar-refractivity contribution is 9.10. The first-order chi connectivity index (χ1) is 8.60. The van der Waals surface area contributed by atoms with Crippen molar-refractivity contribution in [1.29, 1.82) is 0 Å². The lowest BCUT2D eigenvalue weighted by Gasteiger charge is -2.13. The van der Waals surface area contributed by atoms with Crippen LogP contribution in [0.4, 0.5) is 4.39 Å². The topological polar surface area (TPSA) is 47.6 Å². The van der Waals surface area contributed by atoms with E-state index >= 15 is 0 Å². The molecule has 0 aliphatic carbocycles. The fourth-order valence-electron chi connectivity index (χ4n) is 1.87. The van der Waals surface area contributed by atoms with Gasteiger partial charge in [-0.25, -0.2) is 4.39 Å². The standard InChI is InChI=1S/C12H13BrFNO3/c1-17-12(16)10-5-8(6-15-10)18-11-3-2-7(13)4-9(11)14/h2-4,8,10,15H,5-6H2,1H3/t8?,10-/m0/s1. The Balaban J connectivity index is 1.97. The molecule has 0 bridgehead atoms. The first-order valence-corrected chi connectivity index (χ1v) is 6.32. The highest BCUT2D eigenvalue weighted by Gasteiger charge is 2.31. The second kappa shape index (κ2) is 5.67. The second-order valence-electron chi connectivity index (χ2n) is 4.03. The number of carbonyl (C=O) groups is 1. The average Bonchev–Trinajstić information content (AvgIpc) is 2.80. The van der Waals surface area contributed by atoms with Crippen LogP contribution in [0.2, 0.25) is 0 Å². The third kappa shape index (κ3) is 3.00. The van der Waals surface area contributed by atoms with Gasteiger partial charge in [-0.2, -0.15) is 0 Å². The van der Waals surface area contributed by atoms with Crippen LogP contribution in [0.5, 0.6) is 5.75 Å². The molecule has 0 aromatic heterocycles. The van der Waals surface area contributed by atoms with Gasteiger partial charge in [-0.1, -0.05) is 15.9 Å². The number of hydrogen-bond acceptors (Lipinski definition) is 4. The van der Waals surface area contributed by atoms with Crippen LogP contribution in [0.15, 0.2) is 22.7 Å². The van der Waals surface area contributed by atoms with Crippen molar-refractivity contribution in [1.82, 2.24) is 5.32 Å². The SMILES string of the molecule is COC(=O)[C@@H]1CC(Oc2ccc(Br)cc2F)CN1. The Morgan fingerprint density at radius 1 is 1.56 bits per heavy atom. The zero-order valence-electron chi connectivity index (χ0n) is 9.78. The van der Waals surface area contributed by atoms with Gasteiger partial charge in [0, 0.05) is 17.4 Å². The first kappa shape index (κ1) is 13.3. The molecule has 4 nitrogen and oxygen atoms in total. The van der Waals surface area contributed by atoms with E-state index in [1.165, 1.54) is 13.2 Å². The smallest absolute Gasteiger partial charge is 0.323 e. The zero-order valence-corrected chi connectivity index (χ0v) is 11.4. The van der Waals surface area contributed by atoms with Gasteiger partial charge in [0.15, 0.2) is 11.6 Å². The summed E-state index contributed by atoms with van der Waals surface area (Å²) in [6, 6.07) is 4.23. The van der Waals surface area contributed by atoms with Gasteiger partial charge in [0.2, 0.25) is 0 Å². The Kier molecular flexibility index (Phi) is 4.19. The monoisotopic (exact) mass is 317 g/mol. The Labute approximate surface area is 113 Å². The van der Waals surface area contributed by atoms with Crippen LogP contribution in [0.25, 0.3) is 0 Å². The van der Waals surface area contributed by atoms with Gasteiger partial charge >= 0.3 is 5.97 Å². The quantitative estimate of drug-likeness (QED) is 0.865. The minimum atomic E-state index is -0.425. The van der Waals surface area contributed by atoms with E-state index in [1.807, 2.05) is 0 Å². The lowest BCUT2D eigenvalue weighted by Crippen LogP contribution is -2.31. The van der Waals surface area contributed by atoms with E-state index in [9.17, 15) is 9.18 Å². The summed E-state index contributed by atoms with van der Waals surface area (Å²) >= 11 is 3.18. The van der Waals surface area contributed by atoms with Crippen molar-refractivity contribution in [3.05, 3.63) is 28.5 Å². The molecular weight excluding hydrogens is 305 g/mol. The fourth-order valence-corrected chi connectivity index (χ4v) is 2.20. The van der Waals surface area contributed by atoms with E-state index in [0.29, 0.717) is 17.4 Å². The number of benzene rings is 1. The van der Waals surface area contributed by atoms with E-state index in [1.54, 1.807) is 12.1 Å². The van der Waals surface area contributed by atoms with Gasteiger partial charge in [-0.3, -0.25) is 4.79 Å². The molecule has 0 saturated carbocycles. The maximum Gasteiger partial charge on any atom is 0.323 e. The van der Waals surface area contributed by atoms with Crippen LogP contribution in [-0.2, 0) is 9.53 Å². The minimum Gasteiger partial charge on any atom is -0.486 e. The summed E-state index contributed by atoms with van der Waals surface area (Å²) in [5.41, 5.74) is 0. The maximum atomic E-state index is 13.6. The molecule has 6 heteroatoms. The number of nitrogens with one attached hydrogen (secondary N) is 1. The molecule has 1 aromatic rings. The van der Waals surface area contributed by atoms with Crippen LogP contribution in [0, 0.1) is 5.82 Å². The van der Waals surface area contributed by atoms with E-state index in [4.69, 9.17) is 4.74 Å². The Bertz CT molecular complexity index is 455. The van der Waals surface area contributed by atoms with Crippen LogP contribution >= 0.6 is 15.9 Å². The molecule has 18 heavy (non-hydrogen) atoms. The van der Waals surface area contributed by atoms with Crippen molar-refractivity contribution in [2.24, 2.45) is 0 Å². The molecule has 0 spiro atoms. The molecule has 1 aliphatic heterocycles. The second-order valence-corrected chi connectivity index (χ2v) is 4.95. The Hall–Kier alpha value is -1.14. The fraction of sp³-hybridized carbons (Fsp3) is 0.417. The van der Waals surface area contributed by atoms with Crippen LogP contribution in [0.1, 0.15) is 6.42 Å². The molecule has 1 fully saturated rings. The molecule has 1 aliphatic rings. The van der Waals surface area contributed by atoms with Crippen molar-refractivity contribution >= 4 is 21.9 Å². The summed E-state index contributed by atoms with van der Waals surface area (Å²) in [4.78, 5) is 11.3. The summed E-state index contributed by atoms with van der Waals surface area (Å²) in [6.07, 6.45) is 0.243. The van der Waals surface area contributed by atoms with Gasteiger partial charge in [0.25, 0.3) is 0 Å². The molecule has 98 valence electrons. The molecule has 2 atom stereocenters. The van der Waals surface area contributed by atoms with Crippen molar-refractivity contribution < 1.29 is 18.7 Å². The van der Waals surface area contributed by atoms with Gasteiger partial charge in [0.05, 0.1) is 7.11 Å². The highest BCUT2D eigenvalue weighted by atomic mass is 79.9. The molecule has 1 N–H and O–H groups in total. The molecule has 1 heterocycles. The van der Waals surface area contributed by atoms with E-state index in [2.05, 4.69) is 26.0 Å². The van der Waals surface area contributed by atoms with Crippen LogP contribution < -0.4 is 10.1 Å². The van der Waals surface area contributed by atoms with Crippen molar-refractivity contribution in [3.8, 4) is 5.75 Å². The predicted molar refractivity (Wildman–Crippen MR) is 66.9 cm³/mol. The maximum absolute atomic E-state index is 13.6. The number of halogens is 2. The third-order valence-corrected chi connectivity index (χ3v) is 3.26. The number of esters is 1. The molecule has 1 aromatic carbocycles. The van der Waals surface area contributed by atoms with Gasteiger partial charge in [-0.15, -0.1) is 0 Å². The number of methoxy groups -OCH3 is 1. The summed E-state index contributed by atoms with van der Waals surface area (Å²) in [7, 11) is 1.34. The van der Waals surface area contributed by atoms with E-state index in [-0.39, 0.29) is 23.9 Å². The molecule has 0 radical (unpaired) electrons. The summed E-state index contributed by atoms with van der Waals surface area (Å²) < 4.78 is 24.4. The van der Waals surface area contributed by atoms with E-state index < -0.39 is 5.82 Å². The average molecular weight is 318 g/mol. The number of hydrogen-bond donors (Lipinski definition) is 1. The molecule has 0 amide bonds. The lowest BCUT2D eigenvalue weighted by atomic mass is 10.2. The van der Waals surface area contributed by atoms with Crippen LogP contribution in [-0.4, -0.2) is 31.8 Å². The first-order valence-electron chi connectivity index (χ1n) is 5.53. The van der Waals surface area contributed by atoms with E-state index in [0.717, 1.165) is 0 Å². The van der Waals surface area contributed by atoms with Gasteiger partial charge in [-0.05, 0) is 18.2 Å². The van der Waals surface area contributed by atoms with Crippen LogP contribution in [0.3, 0.4) is 0 Å². The normalized spacial score (nSPS) is 22.8. The highest BCUT2D eigenvalue weighted by Crippen LogP contribution is 2.24. The van der Waals surface area contributed by atoms with Gasteiger partial charge in [0.1, 0.15) is 12.1 Å². The van der Waals surface area contributed by atoms with Crippen molar-refractivity contribution in [2.75, 3.05) is 13.7 Å². The molecule has 1 unspecified atom stereocenters. The molecular formula is C12H13BrFNO3. The Morgan fingerprint density at radius 2 is 2.33 bits per heavy atom. The number of ether oxygens (including phenoxy) is 2. The Morgan fingerprint density at radius 3 is 3.00 bits per heavy atom. The minimum absolute atomic E-state index is 0.190. The largest absolute Gasteiger partial charge is 0.486 e. The third-order valence-electron chi connectivity index (χ3n) is 2.76. The summed E-state index contributed by atoms with van der Waals surface area (Å²) in [5, 5.41) is 2.98. The zero-order chi connectivity index (χ0) is 13.1.